The average molecular weight is 148 g/mol. The number of hydrogen-bond donors (Lipinski definition) is 0. The summed E-state index contributed by atoms with van der Waals surface area (Å²) in [5.74, 6) is 0. The summed E-state index contributed by atoms with van der Waals surface area (Å²) in [5.41, 5.74) is 0. The normalized spacial score (nSPS) is 12.2. The molecule has 0 aliphatic rings. The lowest BCUT2D eigenvalue weighted by molar-refractivity contribution is 0.273. The zero-order chi connectivity index (χ0) is 4.99. The van der Waals surface area contributed by atoms with Crippen molar-refractivity contribution in [2.45, 2.75) is 11.9 Å². The van der Waals surface area contributed by atoms with Crippen LogP contribution in [-0.4, -0.2) is 5.01 Å². The molecule has 1 radical (unpaired) electrons. The van der Waals surface area contributed by atoms with Gasteiger partial charge in [0.15, 0.2) is 5.01 Å². The van der Waals surface area contributed by atoms with Gasteiger partial charge in [0.25, 0.3) is 0 Å². The van der Waals surface area contributed by atoms with E-state index in [1.54, 1.807) is 13.0 Å². The third kappa shape index (κ3) is 3.84. The molecule has 6 heavy (non-hydrogen) atoms. The number of alkyl halides is 1. The molecule has 0 fully saturated rings. The summed E-state index contributed by atoms with van der Waals surface area (Å²) in [6.45, 7) is 1.77. The first kappa shape index (κ1) is 5.84. The van der Waals surface area contributed by atoms with Crippen LogP contribution in [0.15, 0.2) is 0 Å². The molecule has 0 saturated heterocycles. The van der Waals surface area contributed by atoms with Gasteiger partial charge in [-0.2, -0.15) is 0 Å². The highest BCUT2D eigenvalue weighted by Crippen LogP contribution is 1.95. The van der Waals surface area contributed by atoms with Crippen molar-refractivity contribution in [2.75, 3.05) is 0 Å². The first-order chi connectivity index (χ1) is 2.77. The minimum atomic E-state index is -0.0880. The maximum absolute atomic E-state index is 6.23. The molecule has 0 rings (SSSR count). The molecule has 0 heterocycles. The molecule has 1 unspecified atom stereocenters. The lowest BCUT2D eigenvalue weighted by atomic mass is 10.9. The molecule has 0 aliphatic heterocycles. The van der Waals surface area contributed by atoms with E-state index in [0.29, 0.717) is 0 Å². The smallest absolute Gasteiger partial charge is 0.162 e. The van der Waals surface area contributed by atoms with Crippen LogP contribution in [0.5, 0.6) is 0 Å². The molecule has 1 nitrogen and oxygen atoms in total. The third-order valence-corrected chi connectivity index (χ3v) is 0.408. The molecule has 0 aromatic carbocycles. The van der Waals surface area contributed by atoms with Gasteiger partial charge in [-0.15, -0.1) is 0 Å². The largest absolute Gasteiger partial charge is 0.431 e. The Morgan fingerprint density at radius 1 is 2.00 bits per heavy atom. The third-order valence-electron chi connectivity index (χ3n) is 0.221. The van der Waals surface area contributed by atoms with Crippen LogP contribution in [-0.2, 0) is 4.74 Å². The second-order valence-corrected chi connectivity index (χ2v) is 2.05. The van der Waals surface area contributed by atoms with Gasteiger partial charge < -0.3 is 4.74 Å². The van der Waals surface area contributed by atoms with Gasteiger partial charge in [-0.25, -0.2) is 0 Å². The highest BCUT2D eigenvalue weighted by Gasteiger charge is 1.85. The van der Waals surface area contributed by atoms with E-state index in [1.165, 1.54) is 0 Å². The molecule has 33 valence electrons. The monoisotopic (exact) mass is 147 g/mol. The van der Waals surface area contributed by atoms with Gasteiger partial charge in [0.1, 0.15) is 6.11 Å². The van der Waals surface area contributed by atoms with E-state index in [2.05, 4.69) is 20.7 Å². The lowest BCUT2D eigenvalue weighted by Gasteiger charge is -1.93. The van der Waals surface area contributed by atoms with Crippen LogP contribution in [0.3, 0.4) is 0 Å². The second-order valence-electron chi connectivity index (χ2n) is 0.763. The Hall–Kier alpha value is -0.160. The highest BCUT2D eigenvalue weighted by atomic mass is 79.9. The highest BCUT2D eigenvalue weighted by molar-refractivity contribution is 9.09. The Kier molecular flexibility index (Phi) is 2.97. The molecule has 2 heteroatoms. The summed E-state index contributed by atoms with van der Waals surface area (Å²) in [4.78, 5) is 0. The van der Waals surface area contributed by atoms with Gasteiger partial charge in [0, 0.05) is 6.42 Å². The molecule has 0 aromatic heterocycles. The topological polar surface area (TPSA) is 9.23 Å². The summed E-state index contributed by atoms with van der Waals surface area (Å²) in [6, 6.07) is 0. The molecule has 0 spiro atoms. The maximum Gasteiger partial charge on any atom is 0.162 e. The van der Waals surface area contributed by atoms with Crippen LogP contribution >= 0.6 is 15.9 Å². The second kappa shape index (κ2) is 3.05. The fourth-order valence-electron chi connectivity index (χ4n) is 0.0812. The Balaban J connectivity index is 2.88. The van der Waals surface area contributed by atoms with E-state index in [-0.39, 0.29) is 5.01 Å². The van der Waals surface area contributed by atoms with Crippen molar-refractivity contribution in [1.29, 1.82) is 0 Å². The van der Waals surface area contributed by atoms with Crippen LogP contribution in [0.25, 0.3) is 0 Å². The lowest BCUT2D eigenvalue weighted by Crippen LogP contribution is -1.88. The summed E-state index contributed by atoms with van der Waals surface area (Å²) < 4.78 is 4.38. The van der Waals surface area contributed by atoms with Crippen molar-refractivity contribution >= 4 is 15.9 Å². The average Bonchev–Trinajstić information content (AvgIpc) is 1.35. The van der Waals surface area contributed by atoms with E-state index >= 15 is 0 Å². The summed E-state index contributed by atoms with van der Waals surface area (Å²) >= 11 is 3.03. The van der Waals surface area contributed by atoms with Crippen molar-refractivity contribution in [2.24, 2.45) is 0 Å². The minimum Gasteiger partial charge on any atom is -0.431 e. The zero-order valence-electron chi connectivity index (χ0n) is 3.36. The van der Waals surface area contributed by atoms with E-state index in [1.807, 2.05) is 0 Å². The van der Waals surface area contributed by atoms with Gasteiger partial charge >= 0.3 is 0 Å². The fourth-order valence-corrected chi connectivity index (χ4v) is 0.175. The van der Waals surface area contributed by atoms with Crippen molar-refractivity contribution in [3.63, 3.8) is 0 Å². The van der Waals surface area contributed by atoms with Gasteiger partial charge in [-0.3, -0.25) is 0 Å². The van der Waals surface area contributed by atoms with Gasteiger partial charge in [0.2, 0.25) is 0 Å². The SMILES string of the molecule is [C]#COC(C)Br. The Morgan fingerprint density at radius 2 is 2.50 bits per heavy atom. The standard InChI is InChI=1S/C4H4BrO/c1-3-6-4(2)5/h4H,2H3. The van der Waals surface area contributed by atoms with Crippen molar-refractivity contribution in [1.82, 2.24) is 0 Å². The minimum absolute atomic E-state index is 0.0880. The van der Waals surface area contributed by atoms with Crippen LogP contribution in [0.4, 0.5) is 0 Å². The van der Waals surface area contributed by atoms with Crippen molar-refractivity contribution < 1.29 is 4.74 Å². The van der Waals surface area contributed by atoms with E-state index in [0.717, 1.165) is 0 Å². The number of hydrogen-bond acceptors (Lipinski definition) is 1. The fraction of sp³-hybridized carbons (Fsp3) is 0.500. The predicted molar refractivity (Wildman–Crippen MR) is 26.6 cm³/mol. The number of rotatable bonds is 1. The van der Waals surface area contributed by atoms with E-state index < -0.39 is 0 Å². The summed E-state index contributed by atoms with van der Waals surface area (Å²) in [5, 5.41) is -0.0880. The first-order valence-corrected chi connectivity index (χ1v) is 2.40. The van der Waals surface area contributed by atoms with Crippen LogP contribution in [0, 0.1) is 12.5 Å². The summed E-state index contributed by atoms with van der Waals surface area (Å²) in [7, 11) is 0. The molecule has 0 aromatic rings. The van der Waals surface area contributed by atoms with Gasteiger partial charge in [-0.1, -0.05) is 0 Å². The number of halogens is 1. The Bertz CT molecular complexity index is 62.4. The molecular weight excluding hydrogens is 144 g/mol. The molecule has 0 aliphatic carbocycles. The maximum atomic E-state index is 6.23. The molecule has 0 saturated carbocycles. The summed E-state index contributed by atoms with van der Waals surface area (Å²) in [6.07, 6.45) is 8.00. The predicted octanol–water partition coefficient (Wildman–Crippen LogP) is 1.29. The van der Waals surface area contributed by atoms with Crippen LogP contribution in [0.1, 0.15) is 6.92 Å². The van der Waals surface area contributed by atoms with Crippen molar-refractivity contribution in [3.05, 3.63) is 6.42 Å². The van der Waals surface area contributed by atoms with E-state index in [9.17, 15) is 0 Å². The van der Waals surface area contributed by atoms with Crippen molar-refractivity contribution in [3.8, 4) is 6.11 Å². The zero-order valence-corrected chi connectivity index (χ0v) is 4.95. The molecule has 0 N–H and O–H groups in total. The quantitative estimate of drug-likeness (QED) is 0.402. The number of ether oxygens (including phenoxy) is 1. The van der Waals surface area contributed by atoms with Gasteiger partial charge in [-0.05, 0) is 22.9 Å². The molecule has 1 atom stereocenters. The first-order valence-electron chi connectivity index (χ1n) is 1.49. The van der Waals surface area contributed by atoms with Crippen LogP contribution < -0.4 is 0 Å². The molecular formula is C4H4BrO. The molecule has 0 amide bonds. The van der Waals surface area contributed by atoms with Gasteiger partial charge in [0.05, 0.1) is 0 Å². The Labute approximate surface area is 45.8 Å². The van der Waals surface area contributed by atoms with Crippen LogP contribution in [0.2, 0.25) is 0 Å². The Morgan fingerprint density at radius 3 is 2.50 bits per heavy atom. The van der Waals surface area contributed by atoms with E-state index in [4.69, 9.17) is 6.42 Å². The molecule has 0 bridgehead atoms.